The van der Waals surface area contributed by atoms with Crippen molar-refractivity contribution in [2.45, 2.75) is 13.8 Å². The van der Waals surface area contributed by atoms with E-state index in [1.807, 2.05) is 44.0 Å². The SMILES string of the molecule is C=CN=CN(C)/C(C)=C\c1cccc(N=O)c1.Cc1cc(NC=O)ccc1Cl. The summed E-state index contributed by atoms with van der Waals surface area (Å²) in [4.78, 5) is 26.2. The topological polar surface area (TPSA) is 74.1 Å². The zero-order valence-corrected chi connectivity index (χ0v) is 16.8. The predicted octanol–water partition coefficient (Wildman–Crippen LogP) is 5.77. The molecule has 0 radical (unpaired) electrons. The van der Waals surface area contributed by atoms with Gasteiger partial charge in [0.2, 0.25) is 6.41 Å². The van der Waals surface area contributed by atoms with E-state index < -0.39 is 0 Å². The van der Waals surface area contributed by atoms with Crippen molar-refractivity contribution in [3.8, 4) is 0 Å². The molecule has 0 unspecified atom stereocenters. The van der Waals surface area contributed by atoms with Gasteiger partial charge in [-0.3, -0.25) is 4.79 Å². The molecule has 1 N–H and O–H groups in total. The van der Waals surface area contributed by atoms with Crippen LogP contribution in [0.2, 0.25) is 5.02 Å². The number of hydrogen-bond donors (Lipinski definition) is 1. The summed E-state index contributed by atoms with van der Waals surface area (Å²) in [6.45, 7) is 7.35. The van der Waals surface area contributed by atoms with Crippen molar-refractivity contribution in [3.05, 3.63) is 82.0 Å². The molecule has 0 heterocycles. The molecule has 0 aliphatic heterocycles. The van der Waals surface area contributed by atoms with E-state index in [1.165, 1.54) is 6.20 Å². The zero-order valence-electron chi connectivity index (χ0n) is 16.1. The lowest BCUT2D eigenvalue weighted by molar-refractivity contribution is -0.105. The van der Waals surface area contributed by atoms with E-state index in [2.05, 4.69) is 22.1 Å². The first kappa shape index (κ1) is 22.8. The molecular formula is C21H23ClN4O2. The Hall–Kier alpha value is -3.25. The molecule has 0 saturated carbocycles. The number of aryl methyl sites for hydroxylation is 1. The second-order valence-electron chi connectivity index (χ2n) is 5.76. The number of nitrogens with one attached hydrogen (secondary N) is 1. The Bertz CT molecular complexity index is 878. The van der Waals surface area contributed by atoms with Crippen molar-refractivity contribution in [2.24, 2.45) is 10.2 Å². The molecule has 0 aliphatic rings. The maximum absolute atomic E-state index is 10.4. The summed E-state index contributed by atoms with van der Waals surface area (Å²) < 4.78 is 0. The first-order valence-corrected chi connectivity index (χ1v) is 8.74. The van der Waals surface area contributed by atoms with Crippen molar-refractivity contribution in [1.82, 2.24) is 4.90 Å². The lowest BCUT2D eigenvalue weighted by atomic mass is 10.2. The second kappa shape index (κ2) is 12.2. The molecule has 0 fully saturated rings. The van der Waals surface area contributed by atoms with Gasteiger partial charge in [-0.15, -0.1) is 4.91 Å². The predicted molar refractivity (Wildman–Crippen MR) is 118 cm³/mol. The van der Waals surface area contributed by atoms with Gasteiger partial charge in [-0.25, -0.2) is 4.99 Å². The van der Waals surface area contributed by atoms with E-state index in [0.29, 0.717) is 17.1 Å². The standard InChI is InChI=1S/C13H15N3O.C8H8ClNO/c1-4-14-10-16(3)11(2)8-12-6-5-7-13(9-12)15-17;1-6-4-7(10-5-11)2-3-8(6)9/h4-10H,1H2,2-3H3;2-5H,1H3,(H,10,11)/b11-8-,14-10?;. The highest BCUT2D eigenvalue weighted by Crippen LogP contribution is 2.18. The lowest BCUT2D eigenvalue weighted by Crippen LogP contribution is -2.12. The number of allylic oxidation sites excluding steroid dienone is 1. The molecule has 0 bridgehead atoms. The fourth-order valence-electron chi connectivity index (χ4n) is 2.06. The normalized spacial score (nSPS) is 10.6. The number of nitrogens with zero attached hydrogens (tertiary/aromatic N) is 3. The average Bonchev–Trinajstić information content (AvgIpc) is 2.69. The van der Waals surface area contributed by atoms with Crippen molar-refractivity contribution >= 4 is 41.8 Å². The number of hydrogen-bond acceptors (Lipinski definition) is 4. The molecule has 1 amide bonds. The van der Waals surface area contributed by atoms with Gasteiger partial charge in [0.15, 0.2) is 0 Å². The van der Waals surface area contributed by atoms with Gasteiger partial charge < -0.3 is 10.2 Å². The molecule has 2 aromatic rings. The summed E-state index contributed by atoms with van der Waals surface area (Å²) in [6, 6.07) is 12.4. The van der Waals surface area contributed by atoms with Gasteiger partial charge in [0.25, 0.3) is 0 Å². The van der Waals surface area contributed by atoms with E-state index >= 15 is 0 Å². The molecule has 0 aromatic heterocycles. The van der Waals surface area contributed by atoms with Gasteiger partial charge in [0.1, 0.15) is 5.69 Å². The Kier molecular flexibility index (Phi) is 9.93. The number of halogens is 1. The second-order valence-corrected chi connectivity index (χ2v) is 6.16. The number of aliphatic imine (C=N–C) groups is 1. The van der Waals surface area contributed by atoms with Gasteiger partial charge in [-0.05, 0) is 66.6 Å². The quantitative estimate of drug-likeness (QED) is 0.278. The number of nitroso groups, excluding NO2 is 1. The Labute approximate surface area is 170 Å². The van der Waals surface area contributed by atoms with Crippen LogP contribution in [0.25, 0.3) is 6.08 Å². The van der Waals surface area contributed by atoms with Crippen LogP contribution in [0.15, 0.2) is 71.1 Å². The van der Waals surface area contributed by atoms with Crippen molar-refractivity contribution in [3.63, 3.8) is 0 Å². The number of anilines is 1. The Morgan fingerprint density at radius 1 is 1.25 bits per heavy atom. The Balaban J connectivity index is 0.000000307. The minimum Gasteiger partial charge on any atom is -0.340 e. The molecule has 7 heteroatoms. The Morgan fingerprint density at radius 2 is 2.00 bits per heavy atom. The highest BCUT2D eigenvalue weighted by molar-refractivity contribution is 6.31. The monoisotopic (exact) mass is 398 g/mol. The summed E-state index contributed by atoms with van der Waals surface area (Å²) >= 11 is 5.76. The van der Waals surface area contributed by atoms with Crippen molar-refractivity contribution in [1.29, 1.82) is 0 Å². The van der Waals surface area contributed by atoms with Crippen LogP contribution in [-0.2, 0) is 4.79 Å². The van der Waals surface area contributed by atoms with Crippen LogP contribution < -0.4 is 5.32 Å². The number of carbonyl (C=O) groups is 1. The van der Waals surface area contributed by atoms with Gasteiger partial charge in [0, 0.05) is 29.7 Å². The lowest BCUT2D eigenvalue weighted by Gasteiger charge is -2.13. The van der Waals surface area contributed by atoms with E-state index in [9.17, 15) is 9.70 Å². The summed E-state index contributed by atoms with van der Waals surface area (Å²) in [5, 5.41) is 6.15. The van der Waals surface area contributed by atoms with Crippen LogP contribution in [-0.4, -0.2) is 24.7 Å². The number of benzene rings is 2. The summed E-state index contributed by atoms with van der Waals surface area (Å²) in [5.74, 6) is 0. The summed E-state index contributed by atoms with van der Waals surface area (Å²) in [6.07, 6.45) is 5.73. The van der Waals surface area contributed by atoms with E-state index in [-0.39, 0.29) is 0 Å². The van der Waals surface area contributed by atoms with Crippen molar-refractivity contribution < 1.29 is 4.79 Å². The third-order valence-corrected chi connectivity index (χ3v) is 4.06. The van der Waals surface area contributed by atoms with Crippen LogP contribution >= 0.6 is 11.6 Å². The Morgan fingerprint density at radius 3 is 2.61 bits per heavy atom. The number of carbonyl (C=O) groups excluding carboxylic acids is 1. The molecule has 0 spiro atoms. The van der Waals surface area contributed by atoms with Crippen LogP contribution in [0.3, 0.4) is 0 Å². The fourth-order valence-corrected chi connectivity index (χ4v) is 2.17. The van der Waals surface area contributed by atoms with E-state index in [1.54, 1.807) is 36.7 Å². The van der Waals surface area contributed by atoms with Gasteiger partial charge in [-0.1, -0.05) is 30.3 Å². The van der Waals surface area contributed by atoms with Crippen molar-refractivity contribution in [2.75, 3.05) is 12.4 Å². The molecule has 2 rings (SSSR count). The molecule has 146 valence electrons. The van der Waals surface area contributed by atoms with Crippen LogP contribution in [0.4, 0.5) is 11.4 Å². The maximum Gasteiger partial charge on any atom is 0.211 e. The average molecular weight is 399 g/mol. The fraction of sp³-hybridized carbons (Fsp3) is 0.143. The first-order chi connectivity index (χ1) is 13.4. The smallest absolute Gasteiger partial charge is 0.211 e. The third-order valence-electron chi connectivity index (χ3n) is 3.64. The highest BCUT2D eigenvalue weighted by Gasteiger charge is 1.97. The summed E-state index contributed by atoms with van der Waals surface area (Å²) in [5.41, 5.74) is 4.08. The first-order valence-electron chi connectivity index (χ1n) is 8.36. The van der Waals surface area contributed by atoms with Gasteiger partial charge in [0.05, 0.1) is 6.34 Å². The molecular weight excluding hydrogens is 376 g/mol. The minimum atomic E-state index is 0.425. The largest absolute Gasteiger partial charge is 0.340 e. The summed E-state index contributed by atoms with van der Waals surface area (Å²) in [7, 11) is 1.89. The molecule has 6 nitrogen and oxygen atoms in total. The molecule has 0 aliphatic carbocycles. The third kappa shape index (κ3) is 7.97. The van der Waals surface area contributed by atoms with Crippen LogP contribution in [0.1, 0.15) is 18.1 Å². The minimum absolute atomic E-state index is 0.425. The van der Waals surface area contributed by atoms with Crippen LogP contribution in [0, 0.1) is 11.8 Å². The zero-order chi connectivity index (χ0) is 20.9. The van der Waals surface area contributed by atoms with Gasteiger partial charge in [-0.2, -0.15) is 0 Å². The molecule has 0 atom stereocenters. The molecule has 0 saturated heterocycles. The van der Waals surface area contributed by atoms with E-state index in [4.69, 9.17) is 11.6 Å². The number of rotatable bonds is 7. The number of amides is 1. The maximum atomic E-state index is 10.4. The van der Waals surface area contributed by atoms with Gasteiger partial charge >= 0.3 is 0 Å². The molecule has 28 heavy (non-hydrogen) atoms. The van der Waals surface area contributed by atoms with E-state index in [0.717, 1.165) is 22.5 Å². The van der Waals surface area contributed by atoms with Crippen LogP contribution in [0.5, 0.6) is 0 Å². The highest BCUT2D eigenvalue weighted by atomic mass is 35.5. The molecule has 2 aromatic carbocycles.